The van der Waals surface area contributed by atoms with Gasteiger partial charge in [-0.05, 0) is 0 Å². The van der Waals surface area contributed by atoms with E-state index in [0.29, 0.717) is 0 Å². The van der Waals surface area contributed by atoms with Crippen molar-refractivity contribution in [3.63, 3.8) is 0 Å². The van der Waals surface area contributed by atoms with Crippen molar-refractivity contribution in [1.29, 1.82) is 0 Å². The van der Waals surface area contributed by atoms with Gasteiger partial charge in [0, 0.05) is 6.42 Å². The number of rotatable bonds is 5. The number of aliphatic hydroxyl groups excluding tert-OH is 3. The molecule has 12 heavy (non-hydrogen) atoms. The van der Waals surface area contributed by atoms with Gasteiger partial charge in [0.15, 0.2) is 11.9 Å². The van der Waals surface area contributed by atoms with Gasteiger partial charge in [-0.3, -0.25) is 4.79 Å². The van der Waals surface area contributed by atoms with Gasteiger partial charge in [0.1, 0.15) is 6.61 Å². The number of hydrogen-bond acceptors (Lipinski definition) is 5. The maximum absolute atomic E-state index is 10.4. The van der Waals surface area contributed by atoms with Crippen LogP contribution in [0.1, 0.15) is 6.42 Å². The molecule has 70 valence electrons. The summed E-state index contributed by atoms with van der Waals surface area (Å²) in [4.78, 5) is 20.5. The molecular weight excluding hydrogens is 168 g/mol. The van der Waals surface area contributed by atoms with Gasteiger partial charge in [0.25, 0.3) is 0 Å². The van der Waals surface area contributed by atoms with Crippen LogP contribution in [0, 0.1) is 0 Å². The quantitative estimate of drug-likeness (QED) is 0.378. The lowest BCUT2D eigenvalue weighted by Gasteiger charge is -2.11. The standard InChI is InChI=1S/C6H10O6/c7-2-3(8)1-4(9)5(10)6(11)12/h4-5,7,9-10H,1-2H2,(H,11,12)/t4-,5-/m0/s1. The fourth-order valence-corrected chi connectivity index (χ4v) is 0.574. The number of carbonyl (C=O) groups excluding carboxylic acids is 1. The molecule has 0 fully saturated rings. The van der Waals surface area contributed by atoms with Crippen LogP contribution in [-0.2, 0) is 9.59 Å². The van der Waals surface area contributed by atoms with Crippen LogP contribution in [0.4, 0.5) is 0 Å². The van der Waals surface area contributed by atoms with Crippen molar-refractivity contribution in [3.8, 4) is 0 Å². The highest BCUT2D eigenvalue weighted by molar-refractivity contribution is 5.81. The molecule has 0 radical (unpaired) electrons. The molecule has 2 atom stereocenters. The van der Waals surface area contributed by atoms with E-state index < -0.39 is 37.0 Å². The van der Waals surface area contributed by atoms with Crippen molar-refractivity contribution in [2.45, 2.75) is 18.6 Å². The van der Waals surface area contributed by atoms with E-state index in [0.717, 1.165) is 0 Å². The summed E-state index contributed by atoms with van der Waals surface area (Å²) in [6, 6.07) is 0. The maximum atomic E-state index is 10.4. The molecule has 0 aliphatic carbocycles. The Hall–Kier alpha value is -0.980. The minimum absolute atomic E-state index is 0.566. The average Bonchev–Trinajstić information content (AvgIpc) is 2.02. The van der Waals surface area contributed by atoms with Crippen LogP contribution in [0.5, 0.6) is 0 Å². The lowest BCUT2D eigenvalue weighted by Crippen LogP contribution is -2.35. The summed E-state index contributed by atoms with van der Waals surface area (Å²) in [5, 5.41) is 33.9. The Morgan fingerprint density at radius 1 is 1.25 bits per heavy atom. The summed E-state index contributed by atoms with van der Waals surface area (Å²) in [6.07, 6.45) is -4.22. The Kier molecular flexibility index (Phi) is 4.42. The van der Waals surface area contributed by atoms with Gasteiger partial charge >= 0.3 is 5.97 Å². The number of carboxylic acids is 1. The van der Waals surface area contributed by atoms with Crippen LogP contribution in [-0.4, -0.2) is 51.0 Å². The molecule has 6 nitrogen and oxygen atoms in total. The summed E-state index contributed by atoms with van der Waals surface area (Å²) >= 11 is 0. The average molecular weight is 178 g/mol. The summed E-state index contributed by atoms with van der Waals surface area (Å²) in [5.74, 6) is -2.32. The highest BCUT2D eigenvalue weighted by Gasteiger charge is 2.25. The van der Waals surface area contributed by atoms with Crippen molar-refractivity contribution < 1.29 is 30.0 Å². The molecule has 0 saturated heterocycles. The first-order chi connectivity index (χ1) is 5.49. The zero-order chi connectivity index (χ0) is 9.72. The smallest absolute Gasteiger partial charge is 0.335 e. The number of ketones is 1. The van der Waals surface area contributed by atoms with E-state index in [2.05, 4.69) is 0 Å². The van der Waals surface area contributed by atoms with E-state index in [1.54, 1.807) is 0 Å². The second kappa shape index (κ2) is 4.81. The molecule has 0 heterocycles. The Morgan fingerprint density at radius 2 is 1.75 bits per heavy atom. The van der Waals surface area contributed by atoms with E-state index in [1.807, 2.05) is 0 Å². The summed E-state index contributed by atoms with van der Waals surface area (Å²) in [5.41, 5.74) is 0. The van der Waals surface area contributed by atoms with Crippen LogP contribution in [0.25, 0.3) is 0 Å². The molecule has 0 bridgehead atoms. The minimum atomic E-state index is -1.99. The minimum Gasteiger partial charge on any atom is -0.479 e. The van der Waals surface area contributed by atoms with Gasteiger partial charge in [-0.1, -0.05) is 0 Å². The number of hydrogen-bond donors (Lipinski definition) is 4. The zero-order valence-corrected chi connectivity index (χ0v) is 6.17. The number of aliphatic hydroxyl groups is 3. The first-order valence-corrected chi connectivity index (χ1v) is 3.20. The van der Waals surface area contributed by atoms with Crippen molar-refractivity contribution in [2.75, 3.05) is 6.61 Å². The molecule has 0 unspecified atom stereocenters. The molecule has 0 aliphatic heterocycles. The molecule has 0 aliphatic rings. The first kappa shape index (κ1) is 11.0. The van der Waals surface area contributed by atoms with Crippen LogP contribution in [0.15, 0.2) is 0 Å². The largest absolute Gasteiger partial charge is 0.479 e. The fourth-order valence-electron chi connectivity index (χ4n) is 0.574. The molecule has 0 spiro atoms. The first-order valence-electron chi connectivity index (χ1n) is 3.20. The molecular formula is C6H10O6. The number of carbonyl (C=O) groups is 2. The van der Waals surface area contributed by atoms with Crippen LogP contribution < -0.4 is 0 Å². The van der Waals surface area contributed by atoms with E-state index in [4.69, 9.17) is 20.4 Å². The fraction of sp³-hybridized carbons (Fsp3) is 0.667. The third-order valence-electron chi connectivity index (χ3n) is 1.23. The second-order valence-electron chi connectivity index (χ2n) is 2.25. The summed E-state index contributed by atoms with van der Waals surface area (Å²) in [7, 11) is 0. The zero-order valence-electron chi connectivity index (χ0n) is 6.17. The van der Waals surface area contributed by atoms with Crippen molar-refractivity contribution in [2.24, 2.45) is 0 Å². The Balaban J connectivity index is 3.94. The normalized spacial score (nSPS) is 15.2. The molecule has 0 aromatic heterocycles. The monoisotopic (exact) mass is 178 g/mol. The predicted octanol–water partition coefficient (Wildman–Crippen LogP) is -2.26. The number of aliphatic carboxylic acids is 1. The Bertz CT molecular complexity index is 177. The third kappa shape index (κ3) is 3.42. The van der Waals surface area contributed by atoms with Gasteiger partial charge in [-0.15, -0.1) is 0 Å². The molecule has 4 N–H and O–H groups in total. The molecule has 0 amide bonds. The number of Topliss-reactive ketones (excluding diaryl/α,β-unsaturated/α-hetero) is 1. The van der Waals surface area contributed by atoms with Crippen molar-refractivity contribution >= 4 is 11.8 Å². The molecule has 0 aromatic carbocycles. The van der Waals surface area contributed by atoms with Gasteiger partial charge in [-0.2, -0.15) is 0 Å². The van der Waals surface area contributed by atoms with E-state index in [1.165, 1.54) is 0 Å². The predicted molar refractivity (Wildman–Crippen MR) is 36.4 cm³/mol. The van der Waals surface area contributed by atoms with Crippen LogP contribution in [0.2, 0.25) is 0 Å². The highest BCUT2D eigenvalue weighted by atomic mass is 16.4. The Morgan fingerprint density at radius 3 is 2.08 bits per heavy atom. The Labute approximate surface area is 68.1 Å². The van der Waals surface area contributed by atoms with Crippen LogP contribution >= 0.6 is 0 Å². The summed E-state index contributed by atoms with van der Waals surface area (Å²) in [6.45, 7) is -0.774. The van der Waals surface area contributed by atoms with E-state index in [9.17, 15) is 9.59 Å². The topological polar surface area (TPSA) is 115 Å². The molecule has 6 heteroatoms. The number of carboxylic acid groups (broad SMARTS) is 1. The van der Waals surface area contributed by atoms with Crippen LogP contribution in [0.3, 0.4) is 0 Å². The molecule has 0 saturated carbocycles. The SMILES string of the molecule is O=C(CO)C[C@H](O)[C@H](O)C(=O)O. The van der Waals surface area contributed by atoms with Gasteiger partial charge in [0.05, 0.1) is 6.10 Å². The second-order valence-corrected chi connectivity index (χ2v) is 2.25. The third-order valence-corrected chi connectivity index (χ3v) is 1.23. The summed E-state index contributed by atoms with van der Waals surface area (Å²) < 4.78 is 0. The van der Waals surface area contributed by atoms with E-state index in [-0.39, 0.29) is 0 Å². The highest BCUT2D eigenvalue weighted by Crippen LogP contribution is 1.99. The van der Waals surface area contributed by atoms with Crippen molar-refractivity contribution in [1.82, 2.24) is 0 Å². The van der Waals surface area contributed by atoms with Gasteiger partial charge in [-0.25, -0.2) is 4.79 Å². The van der Waals surface area contributed by atoms with Gasteiger partial charge in [0.2, 0.25) is 0 Å². The lowest BCUT2D eigenvalue weighted by molar-refractivity contribution is -0.153. The van der Waals surface area contributed by atoms with E-state index >= 15 is 0 Å². The maximum Gasteiger partial charge on any atom is 0.335 e. The van der Waals surface area contributed by atoms with Crippen molar-refractivity contribution in [3.05, 3.63) is 0 Å². The van der Waals surface area contributed by atoms with Gasteiger partial charge < -0.3 is 20.4 Å². The molecule has 0 rings (SSSR count). The lowest BCUT2D eigenvalue weighted by atomic mass is 10.1. The molecule has 0 aromatic rings.